The lowest BCUT2D eigenvalue weighted by Gasteiger charge is -2.35. The van der Waals surface area contributed by atoms with Gasteiger partial charge in [-0.1, -0.05) is 0 Å². The molecule has 1 aliphatic heterocycles. The smallest absolute Gasteiger partial charge is 0.191 e. The predicted molar refractivity (Wildman–Crippen MR) is 102 cm³/mol. The van der Waals surface area contributed by atoms with Crippen LogP contribution in [-0.2, 0) is 6.54 Å². The van der Waals surface area contributed by atoms with Crippen molar-refractivity contribution in [3.8, 4) is 0 Å². The van der Waals surface area contributed by atoms with Crippen molar-refractivity contribution in [1.82, 2.24) is 20.5 Å². The van der Waals surface area contributed by atoms with E-state index in [1.165, 1.54) is 18.4 Å². The molecule has 1 saturated heterocycles. The van der Waals surface area contributed by atoms with Gasteiger partial charge in [0.1, 0.15) is 5.82 Å². The summed E-state index contributed by atoms with van der Waals surface area (Å²) in [5.41, 5.74) is 1.20. The second-order valence-corrected chi connectivity index (χ2v) is 6.89. The molecule has 0 unspecified atom stereocenters. The van der Waals surface area contributed by atoms with Gasteiger partial charge < -0.3 is 20.4 Å². The minimum Gasteiger partial charge on any atom is -0.363 e. The highest BCUT2D eigenvalue weighted by atomic mass is 15.2. The van der Waals surface area contributed by atoms with Crippen LogP contribution in [0.4, 0.5) is 5.82 Å². The minimum atomic E-state index is 0.501. The Morgan fingerprint density at radius 1 is 1.38 bits per heavy atom. The van der Waals surface area contributed by atoms with Crippen LogP contribution < -0.4 is 15.5 Å². The van der Waals surface area contributed by atoms with E-state index in [0.29, 0.717) is 12.1 Å². The third kappa shape index (κ3) is 5.37. The van der Waals surface area contributed by atoms with Crippen LogP contribution in [0.15, 0.2) is 23.3 Å². The monoisotopic (exact) mass is 332 g/mol. The van der Waals surface area contributed by atoms with E-state index in [9.17, 15) is 0 Å². The number of likely N-dealkylation sites (tertiary alicyclic amines) is 1. The highest BCUT2D eigenvalue weighted by Gasteiger charge is 2.21. The zero-order valence-corrected chi connectivity index (χ0v) is 15.7. The van der Waals surface area contributed by atoms with Crippen molar-refractivity contribution < 1.29 is 0 Å². The molecule has 0 bridgehead atoms. The third-order valence-corrected chi connectivity index (χ3v) is 4.55. The number of piperidine rings is 1. The van der Waals surface area contributed by atoms with E-state index in [2.05, 4.69) is 45.4 Å². The van der Waals surface area contributed by atoms with Crippen molar-refractivity contribution in [2.75, 3.05) is 39.1 Å². The quantitative estimate of drug-likeness (QED) is 0.635. The van der Waals surface area contributed by atoms with Crippen LogP contribution in [0.2, 0.25) is 0 Å². The van der Waals surface area contributed by atoms with Gasteiger partial charge in [-0.05, 0) is 44.4 Å². The van der Waals surface area contributed by atoms with Crippen molar-refractivity contribution in [3.63, 3.8) is 0 Å². The Hall–Kier alpha value is -1.82. The standard InChI is InChI=1S/C18H32N6/c1-14(2)24-10-7-16(8-11-24)22-18(19-3)21-13-15-6-9-20-17(12-15)23(4)5/h6,9,12,14,16H,7-8,10-11,13H2,1-5H3,(H2,19,21,22). The molecule has 2 N–H and O–H groups in total. The first-order chi connectivity index (χ1) is 11.5. The van der Waals surface area contributed by atoms with E-state index in [-0.39, 0.29) is 0 Å². The fourth-order valence-electron chi connectivity index (χ4n) is 2.95. The van der Waals surface area contributed by atoms with E-state index < -0.39 is 0 Å². The van der Waals surface area contributed by atoms with Crippen LogP contribution in [0.25, 0.3) is 0 Å². The number of aliphatic imine (C=N–C) groups is 1. The van der Waals surface area contributed by atoms with Crippen molar-refractivity contribution in [2.45, 2.75) is 45.3 Å². The number of rotatable bonds is 5. The molecule has 24 heavy (non-hydrogen) atoms. The molecule has 0 radical (unpaired) electrons. The maximum Gasteiger partial charge on any atom is 0.191 e. The molecule has 1 fully saturated rings. The molecule has 0 atom stereocenters. The maximum atomic E-state index is 4.36. The van der Waals surface area contributed by atoms with E-state index in [0.717, 1.165) is 31.4 Å². The summed E-state index contributed by atoms with van der Waals surface area (Å²) >= 11 is 0. The third-order valence-electron chi connectivity index (χ3n) is 4.55. The average Bonchev–Trinajstić information content (AvgIpc) is 2.59. The molecule has 6 nitrogen and oxygen atoms in total. The van der Waals surface area contributed by atoms with Gasteiger partial charge in [0.05, 0.1) is 0 Å². The van der Waals surface area contributed by atoms with Crippen LogP contribution in [0.3, 0.4) is 0 Å². The SMILES string of the molecule is CN=C(NCc1ccnc(N(C)C)c1)NC1CCN(C(C)C)CC1. The van der Waals surface area contributed by atoms with Gasteiger partial charge in [-0.3, -0.25) is 4.99 Å². The number of hydrogen-bond donors (Lipinski definition) is 2. The number of aromatic nitrogens is 1. The molecular weight excluding hydrogens is 300 g/mol. The first-order valence-corrected chi connectivity index (χ1v) is 8.83. The van der Waals surface area contributed by atoms with Crippen LogP contribution in [0.1, 0.15) is 32.3 Å². The van der Waals surface area contributed by atoms with Crippen LogP contribution in [-0.4, -0.2) is 62.2 Å². The number of anilines is 1. The predicted octanol–water partition coefficient (Wildman–Crippen LogP) is 1.69. The molecule has 0 aliphatic carbocycles. The van der Waals surface area contributed by atoms with Crippen molar-refractivity contribution in [3.05, 3.63) is 23.9 Å². The molecule has 2 heterocycles. The normalized spacial score (nSPS) is 17.2. The maximum absolute atomic E-state index is 4.36. The van der Waals surface area contributed by atoms with Crippen molar-refractivity contribution in [1.29, 1.82) is 0 Å². The number of hydrogen-bond acceptors (Lipinski definition) is 4. The molecule has 1 aliphatic rings. The molecule has 0 saturated carbocycles. The summed E-state index contributed by atoms with van der Waals surface area (Å²) < 4.78 is 0. The molecular formula is C18H32N6. The summed E-state index contributed by atoms with van der Waals surface area (Å²) in [5.74, 6) is 1.85. The Balaban J connectivity index is 1.82. The highest BCUT2D eigenvalue weighted by Crippen LogP contribution is 2.13. The van der Waals surface area contributed by atoms with Crippen molar-refractivity contribution in [2.24, 2.45) is 4.99 Å². The van der Waals surface area contributed by atoms with E-state index in [1.807, 2.05) is 38.3 Å². The fourth-order valence-corrected chi connectivity index (χ4v) is 2.95. The summed E-state index contributed by atoms with van der Waals surface area (Å²) in [6.45, 7) is 7.59. The molecule has 1 aromatic rings. The largest absolute Gasteiger partial charge is 0.363 e. The Morgan fingerprint density at radius 2 is 2.08 bits per heavy atom. The number of nitrogens with one attached hydrogen (secondary N) is 2. The Bertz CT molecular complexity index is 532. The lowest BCUT2D eigenvalue weighted by Crippen LogP contribution is -2.49. The minimum absolute atomic E-state index is 0.501. The summed E-state index contributed by atoms with van der Waals surface area (Å²) in [6, 6.07) is 5.28. The Labute approximate surface area is 146 Å². The summed E-state index contributed by atoms with van der Waals surface area (Å²) in [7, 11) is 5.84. The first-order valence-electron chi connectivity index (χ1n) is 8.83. The topological polar surface area (TPSA) is 55.8 Å². The second kappa shape index (κ2) is 8.87. The van der Waals surface area contributed by atoms with E-state index >= 15 is 0 Å². The molecule has 1 aromatic heterocycles. The average molecular weight is 332 g/mol. The van der Waals surface area contributed by atoms with E-state index in [4.69, 9.17) is 0 Å². The van der Waals surface area contributed by atoms with E-state index in [1.54, 1.807) is 0 Å². The first kappa shape index (κ1) is 18.5. The summed E-state index contributed by atoms with van der Waals surface area (Å²) in [4.78, 5) is 13.3. The molecule has 0 spiro atoms. The van der Waals surface area contributed by atoms with Crippen LogP contribution in [0, 0.1) is 0 Å². The lowest BCUT2D eigenvalue weighted by atomic mass is 10.0. The summed E-state index contributed by atoms with van der Waals surface area (Å²) in [5, 5.41) is 6.97. The van der Waals surface area contributed by atoms with Gasteiger partial charge >= 0.3 is 0 Å². The van der Waals surface area contributed by atoms with Gasteiger partial charge in [0.25, 0.3) is 0 Å². The van der Waals surface area contributed by atoms with Crippen LogP contribution in [0.5, 0.6) is 0 Å². The molecule has 2 rings (SSSR count). The summed E-state index contributed by atoms with van der Waals surface area (Å²) in [6.07, 6.45) is 4.18. The highest BCUT2D eigenvalue weighted by molar-refractivity contribution is 5.80. The van der Waals surface area contributed by atoms with Gasteiger partial charge in [0.2, 0.25) is 0 Å². The fraction of sp³-hybridized carbons (Fsp3) is 0.667. The van der Waals surface area contributed by atoms with Gasteiger partial charge in [0, 0.05) is 59.1 Å². The number of pyridine rings is 1. The zero-order chi connectivity index (χ0) is 17.5. The number of guanidine groups is 1. The Morgan fingerprint density at radius 3 is 2.67 bits per heavy atom. The van der Waals surface area contributed by atoms with Gasteiger partial charge in [-0.25, -0.2) is 4.98 Å². The van der Waals surface area contributed by atoms with Crippen LogP contribution >= 0.6 is 0 Å². The molecule has 134 valence electrons. The lowest BCUT2D eigenvalue weighted by molar-refractivity contribution is 0.167. The van der Waals surface area contributed by atoms with Crippen molar-refractivity contribution >= 4 is 11.8 Å². The van der Waals surface area contributed by atoms with Gasteiger partial charge in [-0.15, -0.1) is 0 Å². The number of nitrogens with zero attached hydrogens (tertiary/aromatic N) is 4. The van der Waals surface area contributed by atoms with Gasteiger partial charge in [-0.2, -0.15) is 0 Å². The zero-order valence-electron chi connectivity index (χ0n) is 15.7. The molecule has 0 amide bonds. The molecule has 6 heteroatoms. The Kier molecular flexibility index (Phi) is 6.85. The molecule has 0 aromatic carbocycles. The second-order valence-electron chi connectivity index (χ2n) is 6.89. The van der Waals surface area contributed by atoms with Gasteiger partial charge in [0.15, 0.2) is 5.96 Å².